The van der Waals surface area contributed by atoms with Crippen molar-refractivity contribution < 1.29 is 22.0 Å². The Morgan fingerprint density at radius 1 is 1.07 bits per heavy atom. The number of nitrogens with zero attached hydrogens (tertiary/aromatic N) is 5. The first-order valence-corrected chi connectivity index (χ1v) is 15.5. The Hall–Kier alpha value is -3.22. The average Bonchev–Trinajstić information content (AvgIpc) is 3.50. The molecule has 1 aliphatic rings. The molecule has 212 valence electrons. The van der Waals surface area contributed by atoms with Crippen LogP contribution >= 0.6 is 11.3 Å². The van der Waals surface area contributed by atoms with Gasteiger partial charge in [0.05, 0.1) is 21.8 Å². The molecule has 1 fully saturated rings. The van der Waals surface area contributed by atoms with Crippen molar-refractivity contribution >= 4 is 42.6 Å². The first kappa shape index (κ1) is 28.3. The van der Waals surface area contributed by atoms with Crippen LogP contribution in [0.2, 0.25) is 0 Å². The fourth-order valence-electron chi connectivity index (χ4n) is 5.17. The molecule has 0 atom stereocenters. The predicted octanol–water partition coefficient (Wildman–Crippen LogP) is 5.69. The van der Waals surface area contributed by atoms with E-state index in [0.29, 0.717) is 6.54 Å². The minimum atomic E-state index is -3.72. The molecule has 2 heterocycles. The van der Waals surface area contributed by atoms with Crippen molar-refractivity contribution in [1.82, 2.24) is 19.1 Å². The van der Waals surface area contributed by atoms with Crippen molar-refractivity contribution in [2.24, 2.45) is 0 Å². The lowest BCUT2D eigenvalue weighted by molar-refractivity contribution is 0.0985. The van der Waals surface area contributed by atoms with Crippen LogP contribution in [0.1, 0.15) is 53.8 Å². The number of carbonyl (C=O) groups is 1. The van der Waals surface area contributed by atoms with E-state index in [1.165, 1.54) is 39.5 Å². The molecule has 0 unspecified atom stereocenters. The van der Waals surface area contributed by atoms with Crippen molar-refractivity contribution in [3.63, 3.8) is 0 Å². The van der Waals surface area contributed by atoms with Crippen molar-refractivity contribution in [3.8, 4) is 0 Å². The van der Waals surface area contributed by atoms with E-state index < -0.39 is 27.6 Å². The molecule has 12 heteroatoms. The van der Waals surface area contributed by atoms with Gasteiger partial charge in [-0.2, -0.15) is 9.40 Å². The summed E-state index contributed by atoms with van der Waals surface area (Å²) in [6.45, 7) is 4.29. The molecule has 0 spiro atoms. The third-order valence-electron chi connectivity index (χ3n) is 7.38. The van der Waals surface area contributed by atoms with E-state index in [2.05, 4.69) is 10.1 Å². The van der Waals surface area contributed by atoms with Gasteiger partial charge in [0.2, 0.25) is 10.0 Å². The second-order valence-corrected chi connectivity index (χ2v) is 13.2. The molecule has 0 saturated heterocycles. The van der Waals surface area contributed by atoms with E-state index in [4.69, 9.17) is 0 Å². The summed E-state index contributed by atoms with van der Waals surface area (Å²) in [5.41, 5.74) is 1.98. The highest BCUT2D eigenvalue weighted by molar-refractivity contribution is 7.89. The summed E-state index contributed by atoms with van der Waals surface area (Å²) in [4.78, 5) is 19.6. The van der Waals surface area contributed by atoms with Crippen LogP contribution in [0.4, 0.5) is 13.9 Å². The largest absolute Gasteiger partial charge is 0.282 e. The second-order valence-electron chi connectivity index (χ2n) is 10.2. The maximum atomic E-state index is 14.4. The predicted molar refractivity (Wildman–Crippen MR) is 151 cm³/mol. The van der Waals surface area contributed by atoms with Crippen LogP contribution in [-0.4, -0.2) is 53.0 Å². The Morgan fingerprint density at radius 3 is 2.42 bits per heavy atom. The van der Waals surface area contributed by atoms with E-state index >= 15 is 0 Å². The minimum absolute atomic E-state index is 0.0162. The number of rotatable bonds is 8. The van der Waals surface area contributed by atoms with E-state index in [9.17, 15) is 22.0 Å². The molecule has 0 aliphatic heterocycles. The zero-order valence-corrected chi connectivity index (χ0v) is 24.2. The maximum absolute atomic E-state index is 14.4. The third kappa shape index (κ3) is 5.65. The fraction of sp³-hybridized carbons (Fsp3) is 0.393. The molecule has 40 heavy (non-hydrogen) atoms. The number of sulfonamides is 1. The van der Waals surface area contributed by atoms with E-state index in [1.807, 2.05) is 19.9 Å². The molecule has 0 radical (unpaired) electrons. The smallest absolute Gasteiger partial charge is 0.260 e. The highest BCUT2D eigenvalue weighted by atomic mass is 32.2. The summed E-state index contributed by atoms with van der Waals surface area (Å²) >= 11 is 1.01. The number of halogens is 2. The van der Waals surface area contributed by atoms with Gasteiger partial charge in [0, 0.05) is 37.0 Å². The average molecular weight is 588 g/mol. The number of anilines is 1. The molecule has 4 aromatic rings. The van der Waals surface area contributed by atoms with Gasteiger partial charge < -0.3 is 0 Å². The Labute approximate surface area is 236 Å². The lowest BCUT2D eigenvalue weighted by atomic mass is 9.96. The first-order valence-electron chi connectivity index (χ1n) is 13.2. The van der Waals surface area contributed by atoms with E-state index in [-0.39, 0.29) is 38.4 Å². The van der Waals surface area contributed by atoms with Crippen molar-refractivity contribution in [2.75, 3.05) is 18.5 Å². The number of carbonyl (C=O) groups excluding carboxylic acids is 1. The summed E-state index contributed by atoms with van der Waals surface area (Å²) < 4.78 is 58.3. The number of fused-ring (bicyclic) bond motifs is 1. The van der Waals surface area contributed by atoms with Gasteiger partial charge >= 0.3 is 0 Å². The van der Waals surface area contributed by atoms with Gasteiger partial charge in [-0.3, -0.25) is 14.4 Å². The van der Waals surface area contributed by atoms with Crippen LogP contribution in [0.3, 0.4) is 0 Å². The topological polar surface area (TPSA) is 88.4 Å². The maximum Gasteiger partial charge on any atom is 0.260 e. The van der Waals surface area contributed by atoms with Gasteiger partial charge in [0.15, 0.2) is 10.9 Å². The molecular weight excluding hydrogens is 556 g/mol. The summed E-state index contributed by atoms with van der Waals surface area (Å²) in [7, 11) is -2.11. The summed E-state index contributed by atoms with van der Waals surface area (Å²) in [5.74, 6) is -1.97. The van der Waals surface area contributed by atoms with Gasteiger partial charge in [-0.15, -0.1) is 0 Å². The van der Waals surface area contributed by atoms with E-state index in [0.717, 1.165) is 60.9 Å². The molecule has 1 saturated carbocycles. The number of benzene rings is 2. The van der Waals surface area contributed by atoms with Crippen LogP contribution in [0, 0.1) is 25.5 Å². The molecule has 0 N–H and O–H groups in total. The molecule has 2 aromatic heterocycles. The summed E-state index contributed by atoms with van der Waals surface area (Å²) in [6, 6.07) is 9.67. The van der Waals surface area contributed by atoms with Crippen molar-refractivity contribution in [3.05, 3.63) is 71.1 Å². The quantitative estimate of drug-likeness (QED) is 0.264. The lowest BCUT2D eigenvalue weighted by Crippen LogP contribution is -2.38. The number of aryl methyl sites for hydroxylation is 2. The van der Waals surface area contributed by atoms with Gasteiger partial charge in [0.1, 0.15) is 11.3 Å². The fourth-order valence-corrected chi connectivity index (χ4v) is 7.62. The van der Waals surface area contributed by atoms with Gasteiger partial charge in [0.25, 0.3) is 5.91 Å². The van der Waals surface area contributed by atoms with Crippen molar-refractivity contribution in [2.45, 2.75) is 63.4 Å². The number of hydrogen-bond acceptors (Lipinski definition) is 6. The minimum Gasteiger partial charge on any atom is -0.282 e. The zero-order chi connectivity index (χ0) is 28.6. The summed E-state index contributed by atoms with van der Waals surface area (Å²) in [6.07, 6.45) is 4.81. The third-order valence-corrected chi connectivity index (χ3v) is 10.3. The normalized spacial score (nSPS) is 14.8. The Bertz CT molecular complexity index is 1640. The highest BCUT2D eigenvalue weighted by Gasteiger charge is 2.30. The van der Waals surface area contributed by atoms with Crippen LogP contribution < -0.4 is 4.90 Å². The number of aromatic nitrogens is 3. The zero-order valence-electron chi connectivity index (χ0n) is 22.6. The van der Waals surface area contributed by atoms with Gasteiger partial charge in [-0.1, -0.05) is 30.6 Å². The van der Waals surface area contributed by atoms with Gasteiger partial charge in [-0.25, -0.2) is 22.2 Å². The first-order chi connectivity index (χ1) is 19.0. The molecule has 2 aromatic carbocycles. The van der Waals surface area contributed by atoms with Crippen LogP contribution in [0.25, 0.3) is 10.2 Å². The summed E-state index contributed by atoms with van der Waals surface area (Å²) in [5, 5.41) is 4.66. The number of thiazole rings is 1. The monoisotopic (exact) mass is 587 g/mol. The molecule has 1 amide bonds. The Balaban J connectivity index is 1.44. The molecule has 1 aliphatic carbocycles. The second kappa shape index (κ2) is 11.3. The molecule has 0 bridgehead atoms. The Morgan fingerprint density at radius 2 is 1.77 bits per heavy atom. The Kier molecular flexibility index (Phi) is 8.03. The van der Waals surface area contributed by atoms with Crippen LogP contribution in [-0.2, 0) is 16.6 Å². The SMILES string of the molecule is Cc1cc(C)n(CCN(C(=O)c2ccc(S(=O)(=O)N(C)C3CCCCC3)cc2)c2nc3c(F)cc(F)cc3s2)n1. The number of amides is 1. The molecule has 5 rings (SSSR count). The van der Waals surface area contributed by atoms with E-state index in [1.54, 1.807) is 11.7 Å². The molecular formula is C28H31F2N5O3S2. The number of hydrogen-bond donors (Lipinski definition) is 0. The lowest BCUT2D eigenvalue weighted by Gasteiger charge is -2.30. The van der Waals surface area contributed by atoms with Crippen molar-refractivity contribution in [1.29, 1.82) is 0 Å². The van der Waals surface area contributed by atoms with Crippen LogP contribution in [0.15, 0.2) is 47.4 Å². The van der Waals surface area contributed by atoms with Gasteiger partial charge in [-0.05, 0) is 63.1 Å². The standard InChI is InChI=1S/C28H31F2N5O3S2/c1-18-15-19(2)35(32-18)14-13-34(28-31-26-24(30)16-21(29)17-25(26)39-28)27(36)20-9-11-23(12-10-20)40(37,38)33(3)22-7-5-4-6-8-22/h9-12,15-17,22H,4-8,13-14H2,1-3H3. The van der Waals surface area contributed by atoms with Crippen LogP contribution in [0.5, 0.6) is 0 Å². The molecule has 8 nitrogen and oxygen atoms in total. The highest BCUT2D eigenvalue weighted by Crippen LogP contribution is 2.32.